The lowest BCUT2D eigenvalue weighted by Crippen LogP contribution is -2.48. The third-order valence-electron chi connectivity index (χ3n) is 6.24. The minimum atomic E-state index is -0.0521. The van der Waals surface area contributed by atoms with Crippen molar-refractivity contribution in [2.24, 2.45) is 5.92 Å². The molecule has 2 aromatic rings. The molecule has 4 rings (SSSR count). The van der Waals surface area contributed by atoms with Crippen LogP contribution in [0.3, 0.4) is 0 Å². The average Bonchev–Trinajstić information content (AvgIpc) is 3.44. The molecule has 154 valence electrons. The predicted molar refractivity (Wildman–Crippen MR) is 117 cm³/mol. The van der Waals surface area contributed by atoms with Gasteiger partial charge in [-0.3, -0.25) is 9.59 Å². The SMILES string of the molecule is CCCN(CC(=O)N1CCc2sccc2[C@H]1c1ccccc1)C(=O)C1CCCC1. The molecular formula is C24H30N2O2S. The molecule has 2 amide bonds. The second-order valence-corrected chi connectivity index (χ2v) is 9.19. The molecule has 0 saturated heterocycles. The van der Waals surface area contributed by atoms with Crippen molar-refractivity contribution in [3.05, 3.63) is 57.8 Å². The van der Waals surface area contributed by atoms with Gasteiger partial charge >= 0.3 is 0 Å². The van der Waals surface area contributed by atoms with Crippen molar-refractivity contribution < 1.29 is 9.59 Å². The van der Waals surface area contributed by atoms with Crippen molar-refractivity contribution in [1.82, 2.24) is 9.80 Å². The summed E-state index contributed by atoms with van der Waals surface area (Å²) in [5, 5.41) is 2.13. The fraction of sp³-hybridized carbons (Fsp3) is 0.500. The molecule has 0 unspecified atom stereocenters. The highest BCUT2D eigenvalue weighted by atomic mass is 32.1. The molecule has 0 N–H and O–H groups in total. The van der Waals surface area contributed by atoms with E-state index >= 15 is 0 Å². The van der Waals surface area contributed by atoms with E-state index in [1.807, 2.05) is 28.0 Å². The molecule has 4 nitrogen and oxygen atoms in total. The lowest BCUT2D eigenvalue weighted by Gasteiger charge is -2.38. The zero-order valence-corrected chi connectivity index (χ0v) is 18.0. The molecule has 1 aliphatic heterocycles. The molecule has 0 bridgehead atoms. The lowest BCUT2D eigenvalue weighted by atomic mass is 9.93. The summed E-state index contributed by atoms with van der Waals surface area (Å²) in [6, 6.07) is 12.4. The van der Waals surface area contributed by atoms with Gasteiger partial charge in [0.1, 0.15) is 0 Å². The molecule has 1 aliphatic carbocycles. The highest BCUT2D eigenvalue weighted by Crippen LogP contribution is 2.38. The van der Waals surface area contributed by atoms with Crippen molar-refractivity contribution in [2.75, 3.05) is 19.6 Å². The first kappa shape index (κ1) is 20.1. The molecule has 29 heavy (non-hydrogen) atoms. The van der Waals surface area contributed by atoms with Gasteiger partial charge in [0.2, 0.25) is 11.8 Å². The number of carbonyl (C=O) groups excluding carboxylic acids is 2. The Kier molecular flexibility index (Phi) is 6.34. The summed E-state index contributed by atoms with van der Waals surface area (Å²) in [5.74, 6) is 0.363. The molecule has 5 heteroatoms. The number of benzene rings is 1. The second kappa shape index (κ2) is 9.12. The van der Waals surface area contributed by atoms with Gasteiger partial charge in [0.25, 0.3) is 0 Å². The smallest absolute Gasteiger partial charge is 0.242 e. The van der Waals surface area contributed by atoms with Gasteiger partial charge in [-0.2, -0.15) is 0 Å². The summed E-state index contributed by atoms with van der Waals surface area (Å²) in [5.41, 5.74) is 2.38. The number of amides is 2. The van der Waals surface area contributed by atoms with E-state index in [-0.39, 0.29) is 30.3 Å². The van der Waals surface area contributed by atoms with Crippen molar-refractivity contribution in [3.8, 4) is 0 Å². The highest BCUT2D eigenvalue weighted by Gasteiger charge is 2.35. The van der Waals surface area contributed by atoms with E-state index < -0.39 is 0 Å². The number of hydrogen-bond acceptors (Lipinski definition) is 3. The van der Waals surface area contributed by atoms with Gasteiger partial charge in [0.15, 0.2) is 0 Å². The first-order valence-corrected chi connectivity index (χ1v) is 11.8. The molecule has 2 aliphatic rings. The van der Waals surface area contributed by atoms with Gasteiger partial charge in [-0.25, -0.2) is 0 Å². The largest absolute Gasteiger partial charge is 0.333 e. The van der Waals surface area contributed by atoms with E-state index in [1.54, 1.807) is 11.3 Å². The first-order chi connectivity index (χ1) is 14.2. The van der Waals surface area contributed by atoms with Gasteiger partial charge in [-0.15, -0.1) is 11.3 Å². The van der Waals surface area contributed by atoms with Crippen LogP contribution in [0.2, 0.25) is 0 Å². The van der Waals surface area contributed by atoms with Crippen LogP contribution in [0.25, 0.3) is 0 Å². The average molecular weight is 411 g/mol. The van der Waals surface area contributed by atoms with Crippen LogP contribution in [0.4, 0.5) is 0 Å². The van der Waals surface area contributed by atoms with E-state index in [2.05, 4.69) is 30.5 Å². The van der Waals surface area contributed by atoms with E-state index in [4.69, 9.17) is 0 Å². The van der Waals surface area contributed by atoms with Gasteiger partial charge in [-0.1, -0.05) is 50.1 Å². The summed E-state index contributed by atoms with van der Waals surface area (Å²) in [4.78, 5) is 31.7. The molecule has 0 radical (unpaired) electrons. The van der Waals surface area contributed by atoms with Crippen LogP contribution in [-0.2, 0) is 16.0 Å². The number of hydrogen-bond donors (Lipinski definition) is 0. The molecule has 1 atom stereocenters. The predicted octanol–water partition coefficient (Wildman–Crippen LogP) is 4.65. The Morgan fingerprint density at radius 2 is 1.90 bits per heavy atom. The summed E-state index contributed by atoms with van der Waals surface area (Å²) >= 11 is 1.78. The third kappa shape index (κ3) is 4.25. The van der Waals surface area contributed by atoms with Crippen LogP contribution < -0.4 is 0 Å². The van der Waals surface area contributed by atoms with Crippen LogP contribution in [0.15, 0.2) is 41.8 Å². The molecule has 0 spiro atoms. The van der Waals surface area contributed by atoms with Gasteiger partial charge in [0, 0.05) is 23.9 Å². The third-order valence-corrected chi connectivity index (χ3v) is 7.23. The monoisotopic (exact) mass is 410 g/mol. The van der Waals surface area contributed by atoms with E-state index in [9.17, 15) is 9.59 Å². The van der Waals surface area contributed by atoms with Gasteiger partial charge in [0.05, 0.1) is 12.6 Å². The Hall–Kier alpha value is -2.14. The van der Waals surface area contributed by atoms with Crippen LogP contribution >= 0.6 is 11.3 Å². The minimum absolute atomic E-state index is 0.0521. The molecule has 1 aromatic heterocycles. The number of rotatable bonds is 6. The van der Waals surface area contributed by atoms with Gasteiger partial charge < -0.3 is 9.80 Å². The number of thiophene rings is 1. The standard InChI is InChI=1S/C24H30N2O2S/c1-2-14-25(24(28)19-10-6-7-11-19)17-22(27)26-15-12-21-20(13-16-29-21)23(26)18-8-4-3-5-9-18/h3-5,8-9,13,16,19,23H,2,6-7,10-12,14-15,17H2,1H3/t23-/m1/s1. The molecule has 1 saturated carbocycles. The minimum Gasteiger partial charge on any atom is -0.333 e. The van der Waals surface area contributed by atoms with Crippen molar-refractivity contribution in [1.29, 1.82) is 0 Å². The summed E-state index contributed by atoms with van der Waals surface area (Å²) in [6.45, 7) is 3.65. The van der Waals surface area contributed by atoms with Crippen LogP contribution in [-0.4, -0.2) is 41.2 Å². The maximum absolute atomic E-state index is 13.5. The van der Waals surface area contributed by atoms with E-state index in [1.165, 1.54) is 10.4 Å². The summed E-state index contributed by atoms with van der Waals surface area (Å²) in [7, 11) is 0. The van der Waals surface area contributed by atoms with Crippen molar-refractivity contribution >= 4 is 23.2 Å². The number of nitrogens with zero attached hydrogens (tertiary/aromatic N) is 2. The number of carbonyl (C=O) groups is 2. The second-order valence-electron chi connectivity index (χ2n) is 8.19. The Bertz CT molecular complexity index is 842. The zero-order chi connectivity index (χ0) is 20.2. The Morgan fingerprint density at radius 3 is 2.62 bits per heavy atom. The maximum Gasteiger partial charge on any atom is 0.242 e. The Labute approximate surface area is 177 Å². The molecule has 2 heterocycles. The van der Waals surface area contributed by atoms with Crippen LogP contribution in [0.5, 0.6) is 0 Å². The summed E-state index contributed by atoms with van der Waals surface area (Å²) < 4.78 is 0. The summed E-state index contributed by atoms with van der Waals surface area (Å²) in [6.07, 6.45) is 5.99. The first-order valence-electron chi connectivity index (χ1n) is 10.9. The van der Waals surface area contributed by atoms with Crippen molar-refractivity contribution in [3.63, 3.8) is 0 Å². The van der Waals surface area contributed by atoms with Crippen molar-refractivity contribution in [2.45, 2.75) is 51.5 Å². The zero-order valence-electron chi connectivity index (χ0n) is 17.2. The van der Waals surface area contributed by atoms with Crippen LogP contribution in [0, 0.1) is 5.92 Å². The van der Waals surface area contributed by atoms with Crippen LogP contribution in [0.1, 0.15) is 61.1 Å². The molecular weight excluding hydrogens is 380 g/mol. The fourth-order valence-corrected chi connectivity index (χ4v) is 5.71. The molecule has 1 aromatic carbocycles. The Morgan fingerprint density at radius 1 is 1.14 bits per heavy atom. The maximum atomic E-state index is 13.5. The lowest BCUT2D eigenvalue weighted by molar-refractivity contribution is -0.144. The Balaban J connectivity index is 1.56. The van der Waals surface area contributed by atoms with E-state index in [0.29, 0.717) is 13.1 Å². The molecule has 1 fully saturated rings. The quantitative estimate of drug-likeness (QED) is 0.695. The van der Waals surface area contributed by atoms with E-state index in [0.717, 1.165) is 44.1 Å². The number of fused-ring (bicyclic) bond motifs is 1. The van der Waals surface area contributed by atoms with Gasteiger partial charge in [-0.05, 0) is 48.3 Å². The fourth-order valence-electron chi connectivity index (χ4n) is 4.80. The highest BCUT2D eigenvalue weighted by molar-refractivity contribution is 7.10. The topological polar surface area (TPSA) is 40.6 Å². The normalized spacial score (nSPS) is 19.2.